The number of fused-ring (bicyclic) bond motifs is 1. The number of halogens is 2. The van der Waals surface area contributed by atoms with E-state index in [-0.39, 0.29) is 30.6 Å². The maximum Gasteiger partial charge on any atom is 0.260 e. The van der Waals surface area contributed by atoms with Gasteiger partial charge in [0, 0.05) is 36.6 Å². The Balaban J connectivity index is 1.86. The molecule has 1 aliphatic carbocycles. The Morgan fingerprint density at radius 1 is 1.16 bits per heavy atom. The summed E-state index contributed by atoms with van der Waals surface area (Å²) in [6, 6.07) is 0.653. The zero-order chi connectivity index (χ0) is 28.6. The standard InChI is InChI=1S/C20H33B6F2N5O4S/c1-9-12(3-4-13(9)34)33-14-10(5-11(15(33)35)19(25,27)28)6-29-16(30-14)31-20(26)17(21,22)7-32(38(2,36)37)8-18(20,23)24/h5-6,9,12-13,34H,3-4,7-8,21-26H2,1-2H3,(H,29,30,31)/t9-,12-,13-/m0/s1. The second kappa shape index (κ2) is 9.12. The predicted octanol–water partition coefficient (Wildman–Crippen LogP) is -4.41. The Labute approximate surface area is 227 Å². The van der Waals surface area contributed by atoms with Crippen molar-refractivity contribution in [3.63, 3.8) is 0 Å². The first kappa shape index (κ1) is 29.2. The molecule has 0 spiro atoms. The van der Waals surface area contributed by atoms with Gasteiger partial charge in [-0.25, -0.2) is 26.5 Å². The van der Waals surface area contributed by atoms with Crippen LogP contribution >= 0.6 is 0 Å². The van der Waals surface area contributed by atoms with Gasteiger partial charge >= 0.3 is 0 Å². The van der Waals surface area contributed by atoms with E-state index in [1.165, 1.54) is 21.3 Å². The van der Waals surface area contributed by atoms with E-state index in [1.54, 1.807) is 6.92 Å². The van der Waals surface area contributed by atoms with Gasteiger partial charge in [-0.2, -0.15) is 4.98 Å². The van der Waals surface area contributed by atoms with Gasteiger partial charge in [-0.1, -0.05) is 17.4 Å². The highest BCUT2D eigenvalue weighted by atomic mass is 32.2. The van der Waals surface area contributed by atoms with Crippen molar-refractivity contribution in [1.82, 2.24) is 18.8 Å². The van der Waals surface area contributed by atoms with Gasteiger partial charge in [0.1, 0.15) is 44.9 Å². The number of aliphatic hydroxyl groups excluding tert-OH is 1. The lowest BCUT2D eigenvalue weighted by atomic mass is 9.25. The number of nitrogens with one attached hydrogen (secondary N) is 1. The number of aliphatic hydroxyl groups is 1. The molecule has 0 amide bonds. The van der Waals surface area contributed by atoms with Gasteiger partial charge in [-0.05, 0) is 24.3 Å². The van der Waals surface area contributed by atoms with E-state index in [1.807, 2.05) is 39.2 Å². The number of nitrogens with zero attached hydrogens (tertiary/aromatic N) is 4. The van der Waals surface area contributed by atoms with E-state index in [4.69, 9.17) is 0 Å². The normalized spacial score (nSPS) is 27.3. The third kappa shape index (κ3) is 4.74. The van der Waals surface area contributed by atoms with E-state index in [0.717, 1.165) is 6.07 Å². The van der Waals surface area contributed by atoms with Gasteiger partial charge in [-0.15, -0.1) is 0 Å². The highest BCUT2D eigenvalue weighted by molar-refractivity contribution is 7.88. The fourth-order valence-electron chi connectivity index (χ4n) is 6.26. The zero-order valence-corrected chi connectivity index (χ0v) is 24.2. The minimum Gasteiger partial charge on any atom is -0.393 e. The number of hydrogen-bond donors (Lipinski definition) is 2. The zero-order valence-electron chi connectivity index (χ0n) is 23.3. The van der Waals surface area contributed by atoms with Crippen molar-refractivity contribution in [2.24, 2.45) is 5.92 Å². The average Bonchev–Trinajstić information content (AvgIpc) is 3.08. The number of hydrogen-bond acceptors (Lipinski definition) is 7. The van der Waals surface area contributed by atoms with Crippen molar-refractivity contribution in [2.75, 3.05) is 24.7 Å². The number of aromatic nitrogens is 3. The Bertz CT molecular complexity index is 1420. The van der Waals surface area contributed by atoms with E-state index >= 15 is 0 Å². The summed E-state index contributed by atoms with van der Waals surface area (Å²) >= 11 is 0. The van der Waals surface area contributed by atoms with Gasteiger partial charge in [-0.3, -0.25) is 9.36 Å². The van der Waals surface area contributed by atoms with E-state index in [2.05, 4.69) is 15.3 Å². The first-order valence-electron chi connectivity index (χ1n) is 12.9. The molecule has 3 atom stereocenters. The maximum absolute atomic E-state index is 14.4. The summed E-state index contributed by atoms with van der Waals surface area (Å²) in [6.45, 7) is 2.37. The quantitative estimate of drug-likeness (QED) is 0.367. The molecule has 38 heavy (non-hydrogen) atoms. The molecule has 2 aliphatic rings. The van der Waals surface area contributed by atoms with E-state index in [0.29, 0.717) is 26.1 Å². The van der Waals surface area contributed by atoms with Crippen LogP contribution in [-0.4, -0.2) is 110 Å². The molecule has 200 valence electrons. The summed E-state index contributed by atoms with van der Waals surface area (Å²) in [5.74, 6) is -3.47. The number of anilines is 1. The molecule has 2 N–H and O–H groups in total. The monoisotopic (exact) mass is 543 g/mol. The molecule has 3 heterocycles. The van der Waals surface area contributed by atoms with Crippen LogP contribution in [0.1, 0.15) is 31.4 Å². The van der Waals surface area contributed by atoms with Gasteiger partial charge in [0.15, 0.2) is 7.85 Å². The van der Waals surface area contributed by atoms with Crippen molar-refractivity contribution in [2.45, 2.75) is 53.6 Å². The second-order valence-corrected chi connectivity index (χ2v) is 14.7. The molecule has 2 fully saturated rings. The van der Waals surface area contributed by atoms with Crippen molar-refractivity contribution in [3.05, 3.63) is 28.2 Å². The van der Waals surface area contributed by atoms with Crippen LogP contribution in [0.4, 0.5) is 14.7 Å². The van der Waals surface area contributed by atoms with Crippen LogP contribution in [0, 0.1) is 5.92 Å². The molecule has 0 aromatic carbocycles. The number of sulfonamides is 1. The van der Waals surface area contributed by atoms with Crippen molar-refractivity contribution < 1.29 is 22.3 Å². The summed E-state index contributed by atoms with van der Waals surface area (Å²) in [4.78, 5) is 22.5. The summed E-state index contributed by atoms with van der Waals surface area (Å²) in [5.41, 5.74) is -1.92. The van der Waals surface area contributed by atoms with Crippen molar-refractivity contribution in [1.29, 1.82) is 0 Å². The Kier molecular flexibility index (Phi) is 7.01. The first-order valence-corrected chi connectivity index (χ1v) is 14.8. The highest BCUT2D eigenvalue weighted by Crippen LogP contribution is 2.51. The molecule has 0 bridgehead atoms. The van der Waals surface area contributed by atoms with Crippen LogP contribution in [0.15, 0.2) is 17.1 Å². The lowest BCUT2D eigenvalue weighted by Gasteiger charge is -2.61. The third-order valence-corrected chi connectivity index (χ3v) is 10.4. The number of alkyl halides is 2. The molecule has 0 radical (unpaired) electrons. The topological polar surface area (TPSA) is 117 Å². The van der Waals surface area contributed by atoms with Gasteiger partial charge < -0.3 is 10.4 Å². The lowest BCUT2D eigenvalue weighted by Crippen LogP contribution is -2.69. The first-order chi connectivity index (χ1) is 17.2. The maximum atomic E-state index is 14.4. The Hall–Kier alpha value is -1.79. The predicted molar refractivity (Wildman–Crippen MR) is 161 cm³/mol. The van der Waals surface area contributed by atoms with E-state index < -0.39 is 55.0 Å². The molecule has 9 nitrogen and oxygen atoms in total. The lowest BCUT2D eigenvalue weighted by molar-refractivity contribution is 0.0913. The van der Waals surface area contributed by atoms with Gasteiger partial charge in [0.2, 0.25) is 21.8 Å². The molecule has 18 heteroatoms. The number of piperidine rings is 1. The second-order valence-electron chi connectivity index (χ2n) is 12.7. The minimum absolute atomic E-state index is 0.212. The molecule has 2 aromatic heterocycles. The number of pyridine rings is 1. The summed E-state index contributed by atoms with van der Waals surface area (Å²) in [6.07, 6.45) is 2.91. The smallest absolute Gasteiger partial charge is 0.260 e. The van der Waals surface area contributed by atoms with Crippen molar-refractivity contribution >= 4 is 74.1 Å². The van der Waals surface area contributed by atoms with Crippen LogP contribution in [0.25, 0.3) is 11.0 Å². The fourth-order valence-corrected chi connectivity index (χ4v) is 7.37. The van der Waals surface area contributed by atoms with Gasteiger partial charge in [0.05, 0.1) is 17.9 Å². The largest absolute Gasteiger partial charge is 0.393 e. The average molecular weight is 542 g/mol. The highest BCUT2D eigenvalue weighted by Gasteiger charge is 2.56. The molecular formula is C20H33B6F2N5O4S. The van der Waals surface area contributed by atoms with Gasteiger partial charge in [0.25, 0.3) is 5.56 Å². The Morgan fingerprint density at radius 3 is 2.21 bits per heavy atom. The molecule has 1 aliphatic heterocycles. The van der Waals surface area contributed by atoms with Crippen LogP contribution in [0.3, 0.4) is 0 Å². The summed E-state index contributed by atoms with van der Waals surface area (Å²) < 4.78 is 56.5. The van der Waals surface area contributed by atoms with Crippen LogP contribution < -0.4 is 10.9 Å². The SMILES string of the molecule is BC(F)(F)c1cc2cnc(NC3(B)C(B)(B)CN(S(C)(=O)=O)CC3(B)B)nc2n([C@H]2CC[C@H](O)[C@H]2C)c1=O. The van der Waals surface area contributed by atoms with Crippen LogP contribution in [0.5, 0.6) is 0 Å². The molecule has 4 rings (SSSR count). The molecular weight excluding hydrogens is 509 g/mol. The number of rotatable bonds is 5. The van der Waals surface area contributed by atoms with Crippen LogP contribution in [0.2, 0.25) is 10.4 Å². The fraction of sp³-hybridized carbons (Fsp3) is 0.650. The van der Waals surface area contributed by atoms with Crippen molar-refractivity contribution in [3.8, 4) is 0 Å². The third-order valence-electron chi connectivity index (χ3n) is 9.23. The minimum atomic E-state index is -3.41. The summed E-state index contributed by atoms with van der Waals surface area (Å²) in [7, 11) is 7.20. The summed E-state index contributed by atoms with van der Waals surface area (Å²) in [5, 5.41) is 13.0. The molecule has 1 saturated heterocycles. The Morgan fingerprint density at radius 2 is 1.74 bits per heavy atom. The van der Waals surface area contributed by atoms with E-state index in [9.17, 15) is 27.1 Å². The molecule has 0 unspecified atom stereocenters. The molecule has 1 saturated carbocycles. The molecule has 2 aromatic rings. The van der Waals surface area contributed by atoms with Crippen LogP contribution in [-0.2, 0) is 15.8 Å².